The van der Waals surface area contributed by atoms with Crippen molar-refractivity contribution in [1.82, 2.24) is 10.2 Å². The van der Waals surface area contributed by atoms with E-state index < -0.39 is 0 Å². The first kappa shape index (κ1) is 13.7. The maximum Gasteiger partial charge on any atom is 0.161 e. The zero-order valence-corrected chi connectivity index (χ0v) is 12.2. The van der Waals surface area contributed by atoms with Crippen LogP contribution in [0.1, 0.15) is 12.8 Å². The molecule has 0 bridgehead atoms. The zero-order chi connectivity index (χ0) is 13.8. The van der Waals surface area contributed by atoms with Crippen molar-refractivity contribution in [1.29, 1.82) is 0 Å². The molecule has 2 heterocycles. The van der Waals surface area contributed by atoms with Gasteiger partial charge in [-0.1, -0.05) is 12.1 Å². The van der Waals surface area contributed by atoms with Gasteiger partial charge in [0, 0.05) is 25.7 Å². The van der Waals surface area contributed by atoms with Gasteiger partial charge in [0.05, 0.1) is 7.11 Å². The molecule has 2 unspecified atom stereocenters. The molecule has 1 aromatic rings. The Labute approximate surface area is 121 Å². The molecule has 0 amide bonds. The van der Waals surface area contributed by atoms with E-state index in [9.17, 15) is 0 Å². The molecule has 2 atom stereocenters. The van der Waals surface area contributed by atoms with Crippen LogP contribution in [0.15, 0.2) is 24.3 Å². The Hall–Kier alpha value is -1.26. The number of ether oxygens (including phenoxy) is 2. The Morgan fingerprint density at radius 1 is 1.25 bits per heavy atom. The summed E-state index contributed by atoms with van der Waals surface area (Å²) in [5, 5.41) is 3.63. The van der Waals surface area contributed by atoms with E-state index in [4.69, 9.17) is 9.47 Å². The van der Waals surface area contributed by atoms with Crippen LogP contribution in [-0.2, 0) is 0 Å². The number of rotatable bonds is 5. The fraction of sp³-hybridized carbons (Fsp3) is 0.625. The first-order valence-electron chi connectivity index (χ1n) is 7.58. The maximum absolute atomic E-state index is 5.86. The monoisotopic (exact) mass is 276 g/mol. The number of para-hydroxylation sites is 2. The lowest BCUT2D eigenvalue weighted by Crippen LogP contribution is -2.40. The van der Waals surface area contributed by atoms with Crippen molar-refractivity contribution >= 4 is 0 Å². The van der Waals surface area contributed by atoms with Crippen molar-refractivity contribution in [2.24, 2.45) is 5.92 Å². The molecule has 20 heavy (non-hydrogen) atoms. The molecule has 2 aliphatic heterocycles. The van der Waals surface area contributed by atoms with Gasteiger partial charge in [-0.2, -0.15) is 0 Å². The van der Waals surface area contributed by atoms with Crippen molar-refractivity contribution in [3.8, 4) is 11.5 Å². The van der Waals surface area contributed by atoms with Crippen LogP contribution in [0.2, 0.25) is 0 Å². The molecule has 3 rings (SSSR count). The Balaban J connectivity index is 1.46. The lowest BCUT2D eigenvalue weighted by atomic mass is 9.94. The van der Waals surface area contributed by atoms with Crippen LogP contribution in [0.3, 0.4) is 0 Å². The molecular formula is C16H24N2O2. The fourth-order valence-corrected chi connectivity index (χ4v) is 3.34. The molecule has 110 valence electrons. The second kappa shape index (κ2) is 6.46. The van der Waals surface area contributed by atoms with Crippen LogP contribution >= 0.6 is 0 Å². The Morgan fingerprint density at radius 2 is 2.10 bits per heavy atom. The second-order valence-electron chi connectivity index (χ2n) is 5.72. The normalized spacial score (nSPS) is 26.2. The lowest BCUT2D eigenvalue weighted by Gasteiger charge is -2.24. The molecule has 4 heteroatoms. The summed E-state index contributed by atoms with van der Waals surface area (Å²) >= 11 is 0. The van der Waals surface area contributed by atoms with E-state index in [0.717, 1.165) is 30.6 Å². The topological polar surface area (TPSA) is 33.7 Å². The largest absolute Gasteiger partial charge is 0.493 e. The number of piperidine rings is 1. The third-order valence-electron chi connectivity index (χ3n) is 4.41. The van der Waals surface area contributed by atoms with Crippen LogP contribution < -0.4 is 14.8 Å². The predicted octanol–water partition coefficient (Wildman–Crippen LogP) is 1.76. The smallest absolute Gasteiger partial charge is 0.161 e. The van der Waals surface area contributed by atoms with Gasteiger partial charge < -0.3 is 14.8 Å². The average molecular weight is 276 g/mol. The number of nitrogens with one attached hydrogen (secondary N) is 1. The summed E-state index contributed by atoms with van der Waals surface area (Å²) in [6.07, 6.45) is 2.70. The third-order valence-corrected chi connectivity index (χ3v) is 4.41. The van der Waals surface area contributed by atoms with Crippen molar-refractivity contribution in [3.05, 3.63) is 24.3 Å². The summed E-state index contributed by atoms with van der Waals surface area (Å²) in [5.74, 6) is 2.49. The molecule has 0 saturated carbocycles. The Morgan fingerprint density at radius 3 is 2.90 bits per heavy atom. The zero-order valence-electron chi connectivity index (χ0n) is 12.2. The van der Waals surface area contributed by atoms with Gasteiger partial charge in [-0.15, -0.1) is 0 Å². The summed E-state index contributed by atoms with van der Waals surface area (Å²) in [7, 11) is 1.68. The van der Waals surface area contributed by atoms with Crippen molar-refractivity contribution in [3.63, 3.8) is 0 Å². The number of fused-ring (bicyclic) bond motifs is 1. The number of likely N-dealkylation sites (tertiary alicyclic amines) is 1. The van der Waals surface area contributed by atoms with Crippen LogP contribution in [0.4, 0.5) is 0 Å². The highest BCUT2D eigenvalue weighted by Crippen LogP contribution is 2.27. The van der Waals surface area contributed by atoms with E-state index in [1.807, 2.05) is 24.3 Å². The summed E-state index contributed by atoms with van der Waals surface area (Å²) < 4.78 is 11.2. The van der Waals surface area contributed by atoms with Gasteiger partial charge in [-0.3, -0.25) is 4.90 Å². The van der Waals surface area contributed by atoms with Gasteiger partial charge in [0.2, 0.25) is 0 Å². The van der Waals surface area contributed by atoms with Gasteiger partial charge in [0.15, 0.2) is 11.5 Å². The number of methoxy groups -OCH3 is 1. The molecule has 0 aromatic heterocycles. The molecular weight excluding hydrogens is 252 g/mol. The summed E-state index contributed by atoms with van der Waals surface area (Å²) in [6, 6.07) is 8.54. The highest BCUT2D eigenvalue weighted by atomic mass is 16.5. The van der Waals surface area contributed by atoms with E-state index in [1.54, 1.807) is 7.11 Å². The quantitative estimate of drug-likeness (QED) is 0.888. The second-order valence-corrected chi connectivity index (χ2v) is 5.72. The Bertz CT molecular complexity index is 424. The van der Waals surface area contributed by atoms with Crippen molar-refractivity contribution < 1.29 is 9.47 Å². The van der Waals surface area contributed by atoms with E-state index in [1.165, 1.54) is 32.5 Å². The minimum atomic E-state index is 0.704. The molecule has 0 radical (unpaired) electrons. The number of hydrogen-bond donors (Lipinski definition) is 1. The predicted molar refractivity (Wildman–Crippen MR) is 79.4 cm³/mol. The first-order valence-corrected chi connectivity index (χ1v) is 7.58. The molecule has 1 aromatic carbocycles. The molecule has 0 spiro atoms. The van der Waals surface area contributed by atoms with Gasteiger partial charge in [0.1, 0.15) is 6.61 Å². The maximum atomic E-state index is 5.86. The van der Waals surface area contributed by atoms with E-state index in [2.05, 4.69) is 10.2 Å². The van der Waals surface area contributed by atoms with Crippen molar-refractivity contribution in [2.45, 2.75) is 18.9 Å². The molecule has 0 aliphatic carbocycles. The van der Waals surface area contributed by atoms with Gasteiger partial charge in [0.25, 0.3) is 0 Å². The third kappa shape index (κ3) is 3.07. The molecule has 1 N–H and O–H groups in total. The first-order chi connectivity index (χ1) is 9.86. The van der Waals surface area contributed by atoms with Crippen LogP contribution in [-0.4, -0.2) is 50.8 Å². The Kier molecular flexibility index (Phi) is 4.43. The molecule has 4 nitrogen and oxygen atoms in total. The molecule has 2 saturated heterocycles. The van der Waals surface area contributed by atoms with Crippen LogP contribution in [0, 0.1) is 5.92 Å². The van der Waals surface area contributed by atoms with Gasteiger partial charge >= 0.3 is 0 Å². The minimum absolute atomic E-state index is 0.704. The van der Waals surface area contributed by atoms with Gasteiger partial charge in [-0.25, -0.2) is 0 Å². The molecule has 2 fully saturated rings. The molecule has 2 aliphatic rings. The van der Waals surface area contributed by atoms with Crippen LogP contribution in [0.5, 0.6) is 11.5 Å². The summed E-state index contributed by atoms with van der Waals surface area (Å²) in [6.45, 7) is 5.28. The number of nitrogens with zero attached hydrogens (tertiary/aromatic N) is 1. The van der Waals surface area contributed by atoms with Crippen LogP contribution in [0.25, 0.3) is 0 Å². The summed E-state index contributed by atoms with van der Waals surface area (Å²) in [4.78, 5) is 2.52. The lowest BCUT2D eigenvalue weighted by molar-refractivity contribution is 0.225. The summed E-state index contributed by atoms with van der Waals surface area (Å²) in [5.41, 5.74) is 0. The van der Waals surface area contributed by atoms with E-state index in [-0.39, 0.29) is 0 Å². The standard InChI is InChI=1S/C16H24N2O2/c1-19-15-6-2-3-7-16(15)20-10-9-18-11-13-5-4-8-17-14(13)12-18/h2-3,6-7,13-14,17H,4-5,8-12H2,1H3. The van der Waals surface area contributed by atoms with Crippen molar-refractivity contribution in [2.75, 3.05) is 39.9 Å². The van der Waals surface area contributed by atoms with E-state index >= 15 is 0 Å². The van der Waals surface area contributed by atoms with Gasteiger partial charge in [-0.05, 0) is 37.4 Å². The number of benzene rings is 1. The highest BCUT2D eigenvalue weighted by Gasteiger charge is 2.33. The fourth-order valence-electron chi connectivity index (χ4n) is 3.34. The number of hydrogen-bond acceptors (Lipinski definition) is 4. The minimum Gasteiger partial charge on any atom is -0.493 e. The highest BCUT2D eigenvalue weighted by molar-refractivity contribution is 5.39. The van der Waals surface area contributed by atoms with E-state index in [0.29, 0.717) is 6.04 Å². The average Bonchev–Trinajstić information content (AvgIpc) is 2.90. The SMILES string of the molecule is COc1ccccc1OCCN1CC2CCCNC2C1.